The van der Waals surface area contributed by atoms with Crippen molar-refractivity contribution < 1.29 is 23.5 Å². The first kappa shape index (κ1) is 17.0. The molecule has 1 amide bonds. The van der Waals surface area contributed by atoms with Gasteiger partial charge in [-0.1, -0.05) is 24.3 Å². The van der Waals surface area contributed by atoms with Gasteiger partial charge in [0.2, 0.25) is 0 Å². The van der Waals surface area contributed by atoms with E-state index >= 15 is 0 Å². The molecule has 0 unspecified atom stereocenters. The topological polar surface area (TPSA) is 55.8 Å². The average molecular weight is 343 g/mol. The molecule has 2 aromatic rings. The number of ether oxygens (including phenoxy) is 2. The molecule has 1 heterocycles. The van der Waals surface area contributed by atoms with Crippen LogP contribution in [0.1, 0.15) is 11.1 Å². The third-order valence-corrected chi connectivity index (χ3v) is 4.01. The fourth-order valence-corrected chi connectivity index (χ4v) is 2.66. The van der Waals surface area contributed by atoms with Gasteiger partial charge in [-0.3, -0.25) is 4.79 Å². The number of fused-ring (bicyclic) bond motifs is 1. The van der Waals surface area contributed by atoms with E-state index in [4.69, 9.17) is 9.47 Å². The first-order chi connectivity index (χ1) is 12.1. The van der Waals surface area contributed by atoms with Gasteiger partial charge in [-0.15, -0.1) is 0 Å². The summed E-state index contributed by atoms with van der Waals surface area (Å²) in [4.78, 5) is 25.5. The molecular weight excluding hydrogens is 325 g/mol. The van der Waals surface area contributed by atoms with Crippen LogP contribution in [0.2, 0.25) is 0 Å². The maximum Gasteiger partial charge on any atom is 0.344 e. The Balaban J connectivity index is 1.43. The van der Waals surface area contributed by atoms with Crippen LogP contribution in [0.3, 0.4) is 0 Å². The van der Waals surface area contributed by atoms with Crippen molar-refractivity contribution >= 4 is 11.9 Å². The van der Waals surface area contributed by atoms with Crippen molar-refractivity contribution in [1.82, 2.24) is 4.90 Å². The van der Waals surface area contributed by atoms with Crippen molar-refractivity contribution in [2.75, 3.05) is 19.8 Å². The van der Waals surface area contributed by atoms with E-state index in [9.17, 15) is 14.0 Å². The van der Waals surface area contributed by atoms with Gasteiger partial charge in [0.15, 0.2) is 13.2 Å². The lowest BCUT2D eigenvalue weighted by Crippen LogP contribution is -2.38. The van der Waals surface area contributed by atoms with Gasteiger partial charge in [0.1, 0.15) is 11.6 Å². The highest BCUT2D eigenvalue weighted by Crippen LogP contribution is 2.18. The number of hydrogen-bond acceptors (Lipinski definition) is 4. The van der Waals surface area contributed by atoms with Gasteiger partial charge in [0.05, 0.1) is 0 Å². The number of carbonyl (C=O) groups is 2. The molecule has 0 saturated carbocycles. The molecule has 0 saturated heterocycles. The van der Waals surface area contributed by atoms with Gasteiger partial charge < -0.3 is 14.4 Å². The van der Waals surface area contributed by atoms with Crippen LogP contribution in [0.25, 0.3) is 0 Å². The van der Waals surface area contributed by atoms with Crippen LogP contribution < -0.4 is 4.74 Å². The minimum Gasteiger partial charge on any atom is -0.482 e. The molecule has 6 heteroatoms. The predicted octanol–water partition coefficient (Wildman–Crippen LogP) is 2.33. The van der Waals surface area contributed by atoms with E-state index < -0.39 is 5.97 Å². The monoisotopic (exact) mass is 343 g/mol. The Labute approximate surface area is 145 Å². The summed E-state index contributed by atoms with van der Waals surface area (Å²) in [5.74, 6) is -0.902. The molecule has 0 spiro atoms. The number of esters is 1. The van der Waals surface area contributed by atoms with Crippen LogP contribution in [-0.4, -0.2) is 36.5 Å². The summed E-state index contributed by atoms with van der Waals surface area (Å²) < 4.78 is 22.9. The average Bonchev–Trinajstić information content (AvgIpc) is 2.65. The van der Waals surface area contributed by atoms with E-state index in [1.165, 1.54) is 29.8 Å². The van der Waals surface area contributed by atoms with Crippen molar-refractivity contribution in [2.45, 2.75) is 13.0 Å². The van der Waals surface area contributed by atoms with E-state index in [1.807, 2.05) is 18.2 Å². The van der Waals surface area contributed by atoms with E-state index in [-0.39, 0.29) is 24.9 Å². The van der Waals surface area contributed by atoms with Gasteiger partial charge in [-0.2, -0.15) is 0 Å². The molecule has 0 radical (unpaired) electrons. The van der Waals surface area contributed by atoms with Gasteiger partial charge in [-0.25, -0.2) is 9.18 Å². The number of hydrogen-bond donors (Lipinski definition) is 0. The second-order valence-electron chi connectivity index (χ2n) is 5.74. The molecule has 0 aromatic heterocycles. The van der Waals surface area contributed by atoms with Crippen LogP contribution in [0, 0.1) is 5.82 Å². The van der Waals surface area contributed by atoms with Gasteiger partial charge in [0.25, 0.3) is 5.91 Å². The van der Waals surface area contributed by atoms with Crippen LogP contribution in [0.4, 0.5) is 4.39 Å². The fourth-order valence-electron chi connectivity index (χ4n) is 2.66. The zero-order valence-electron chi connectivity index (χ0n) is 13.6. The maximum absolute atomic E-state index is 12.8. The van der Waals surface area contributed by atoms with Crippen LogP contribution in [0.15, 0.2) is 48.5 Å². The smallest absolute Gasteiger partial charge is 0.344 e. The molecule has 2 aromatic carbocycles. The van der Waals surface area contributed by atoms with Crippen molar-refractivity contribution in [3.8, 4) is 5.75 Å². The summed E-state index contributed by atoms with van der Waals surface area (Å²) in [5, 5.41) is 0. The molecule has 0 atom stereocenters. The van der Waals surface area contributed by atoms with Crippen LogP contribution in [-0.2, 0) is 27.3 Å². The molecule has 0 fully saturated rings. The minimum atomic E-state index is -0.643. The van der Waals surface area contributed by atoms with Crippen molar-refractivity contribution in [3.05, 3.63) is 65.5 Å². The first-order valence-electron chi connectivity index (χ1n) is 8.00. The van der Waals surface area contributed by atoms with Crippen molar-refractivity contribution in [1.29, 1.82) is 0 Å². The second-order valence-corrected chi connectivity index (χ2v) is 5.74. The number of halogens is 1. The molecule has 130 valence electrons. The highest BCUT2D eigenvalue weighted by atomic mass is 19.1. The molecule has 0 bridgehead atoms. The molecule has 0 N–H and O–H groups in total. The number of nitrogens with zero attached hydrogens (tertiary/aromatic N) is 1. The van der Waals surface area contributed by atoms with E-state index in [1.54, 1.807) is 4.90 Å². The Morgan fingerprint density at radius 1 is 1.00 bits per heavy atom. The van der Waals surface area contributed by atoms with Crippen molar-refractivity contribution in [3.63, 3.8) is 0 Å². The fraction of sp³-hybridized carbons (Fsp3) is 0.263. The number of benzene rings is 2. The number of rotatable bonds is 5. The van der Waals surface area contributed by atoms with Gasteiger partial charge in [-0.05, 0) is 41.8 Å². The molecular formula is C19H18FNO4. The lowest BCUT2D eigenvalue weighted by molar-refractivity contribution is -0.154. The molecule has 5 nitrogen and oxygen atoms in total. The molecule has 1 aliphatic rings. The third kappa shape index (κ3) is 4.56. The van der Waals surface area contributed by atoms with Crippen LogP contribution >= 0.6 is 0 Å². The third-order valence-electron chi connectivity index (χ3n) is 4.01. The highest BCUT2D eigenvalue weighted by molar-refractivity contribution is 5.81. The Kier molecular flexibility index (Phi) is 5.28. The summed E-state index contributed by atoms with van der Waals surface area (Å²) in [5.41, 5.74) is 2.37. The highest BCUT2D eigenvalue weighted by Gasteiger charge is 2.21. The Morgan fingerprint density at radius 3 is 2.48 bits per heavy atom. The van der Waals surface area contributed by atoms with E-state index in [0.717, 1.165) is 12.0 Å². The van der Waals surface area contributed by atoms with Crippen LogP contribution in [0.5, 0.6) is 5.75 Å². The summed E-state index contributed by atoms with van der Waals surface area (Å²) >= 11 is 0. The second kappa shape index (κ2) is 7.79. The van der Waals surface area contributed by atoms with E-state index in [2.05, 4.69) is 6.07 Å². The summed E-state index contributed by atoms with van der Waals surface area (Å²) in [6, 6.07) is 13.3. The summed E-state index contributed by atoms with van der Waals surface area (Å²) in [7, 11) is 0. The van der Waals surface area contributed by atoms with Gasteiger partial charge >= 0.3 is 5.97 Å². The molecule has 0 aliphatic carbocycles. The lowest BCUT2D eigenvalue weighted by Gasteiger charge is -2.28. The number of carbonyl (C=O) groups excluding carboxylic acids is 2. The largest absolute Gasteiger partial charge is 0.482 e. The SMILES string of the molecule is O=C(COc1ccc(F)cc1)OCC(=O)N1CCc2ccccc2C1. The minimum absolute atomic E-state index is 0.232. The predicted molar refractivity (Wildman–Crippen MR) is 88.4 cm³/mol. The molecule has 3 rings (SSSR count). The Hall–Kier alpha value is -2.89. The standard InChI is InChI=1S/C19H18FNO4/c20-16-5-7-17(8-6-16)24-13-19(23)25-12-18(22)21-10-9-14-3-1-2-4-15(14)11-21/h1-8H,9-13H2. The first-order valence-corrected chi connectivity index (χ1v) is 8.00. The van der Waals surface area contributed by atoms with Crippen molar-refractivity contribution in [2.24, 2.45) is 0 Å². The lowest BCUT2D eigenvalue weighted by atomic mass is 10.00. The van der Waals surface area contributed by atoms with Gasteiger partial charge in [0, 0.05) is 13.1 Å². The maximum atomic E-state index is 12.8. The summed E-state index contributed by atoms with van der Waals surface area (Å²) in [6.07, 6.45) is 0.795. The Morgan fingerprint density at radius 2 is 1.72 bits per heavy atom. The molecule has 25 heavy (non-hydrogen) atoms. The zero-order valence-corrected chi connectivity index (χ0v) is 13.6. The normalized spacial score (nSPS) is 13.1. The summed E-state index contributed by atoms with van der Waals surface area (Å²) in [6.45, 7) is 0.494. The van der Waals surface area contributed by atoms with E-state index in [0.29, 0.717) is 18.8 Å². The quantitative estimate of drug-likeness (QED) is 0.782. The zero-order chi connectivity index (χ0) is 17.6. The number of amides is 1. The Bertz CT molecular complexity index is 760. The molecule has 1 aliphatic heterocycles.